The third kappa shape index (κ3) is 3.67. The van der Waals surface area contributed by atoms with Crippen LogP contribution in [-0.2, 0) is 4.74 Å². The molecule has 0 aliphatic heterocycles. The molecule has 1 aliphatic carbocycles. The van der Waals surface area contributed by atoms with Crippen molar-refractivity contribution < 1.29 is 14.6 Å². The molecule has 94 valence electrons. The van der Waals surface area contributed by atoms with Crippen LogP contribution in [0, 0.1) is 5.92 Å². The van der Waals surface area contributed by atoms with E-state index in [-0.39, 0.29) is 6.61 Å². The Hall–Kier alpha value is -0.770. The Morgan fingerprint density at radius 2 is 2.19 bits per heavy atom. The third-order valence-corrected chi connectivity index (χ3v) is 2.92. The van der Waals surface area contributed by atoms with Gasteiger partial charge in [0.2, 0.25) is 0 Å². The Morgan fingerprint density at radius 3 is 2.56 bits per heavy atom. The lowest BCUT2D eigenvalue weighted by Gasteiger charge is -2.30. The zero-order chi connectivity index (χ0) is 12.4. The van der Waals surface area contributed by atoms with Crippen LogP contribution in [0.3, 0.4) is 0 Å². The maximum absolute atomic E-state index is 11.6. The molecular weight excluding hydrogens is 206 g/mol. The van der Waals surface area contributed by atoms with Gasteiger partial charge in [-0.3, -0.25) is 0 Å². The quantitative estimate of drug-likeness (QED) is 0.762. The van der Waals surface area contributed by atoms with Crippen molar-refractivity contribution in [1.29, 1.82) is 0 Å². The van der Waals surface area contributed by atoms with Gasteiger partial charge in [-0.2, -0.15) is 0 Å². The number of hydrogen-bond acceptors (Lipinski definition) is 3. The van der Waals surface area contributed by atoms with Gasteiger partial charge in [0.15, 0.2) is 0 Å². The Balaban J connectivity index is 2.54. The van der Waals surface area contributed by atoms with E-state index < -0.39 is 17.2 Å². The van der Waals surface area contributed by atoms with Gasteiger partial charge in [0.25, 0.3) is 0 Å². The number of hydrogen-bond donors (Lipinski definition) is 2. The first-order valence-electron chi connectivity index (χ1n) is 5.88. The Bertz CT molecular complexity index is 259. The Labute approximate surface area is 97.4 Å². The van der Waals surface area contributed by atoms with Crippen LogP contribution in [0.1, 0.15) is 47.0 Å². The summed E-state index contributed by atoms with van der Waals surface area (Å²) in [5.41, 5.74) is -0.966. The molecule has 0 aromatic carbocycles. The molecule has 2 unspecified atom stereocenters. The number of alkyl carbamates (subject to hydrolysis) is 1. The lowest BCUT2D eigenvalue weighted by Crippen LogP contribution is -2.51. The van der Waals surface area contributed by atoms with Gasteiger partial charge in [-0.1, -0.05) is 6.92 Å². The van der Waals surface area contributed by atoms with E-state index >= 15 is 0 Å². The second kappa shape index (κ2) is 4.62. The fraction of sp³-hybridized carbons (Fsp3) is 0.917. The van der Waals surface area contributed by atoms with Crippen molar-refractivity contribution in [1.82, 2.24) is 5.32 Å². The highest BCUT2D eigenvalue weighted by Gasteiger charge is 2.39. The number of amides is 1. The van der Waals surface area contributed by atoms with Gasteiger partial charge in [0.1, 0.15) is 5.60 Å². The van der Waals surface area contributed by atoms with Gasteiger partial charge in [-0.15, -0.1) is 0 Å². The van der Waals surface area contributed by atoms with Crippen LogP contribution < -0.4 is 5.32 Å². The minimum Gasteiger partial charge on any atom is -0.444 e. The fourth-order valence-electron chi connectivity index (χ4n) is 2.21. The second-order valence-electron chi connectivity index (χ2n) is 5.91. The first kappa shape index (κ1) is 13.3. The average molecular weight is 229 g/mol. The number of ether oxygens (including phenoxy) is 1. The van der Waals surface area contributed by atoms with E-state index in [2.05, 4.69) is 12.2 Å². The molecule has 0 bridgehead atoms. The van der Waals surface area contributed by atoms with Crippen molar-refractivity contribution in [2.45, 2.75) is 58.1 Å². The molecule has 4 heteroatoms. The molecule has 0 spiro atoms. The van der Waals surface area contributed by atoms with Gasteiger partial charge in [-0.05, 0) is 46.0 Å². The number of nitrogens with one attached hydrogen (secondary N) is 1. The van der Waals surface area contributed by atoms with E-state index in [0.29, 0.717) is 5.92 Å². The highest BCUT2D eigenvalue weighted by molar-refractivity contribution is 5.68. The molecule has 0 saturated heterocycles. The predicted octanol–water partition coefficient (Wildman–Crippen LogP) is 2.06. The van der Waals surface area contributed by atoms with Crippen LogP contribution in [0.2, 0.25) is 0 Å². The predicted molar refractivity (Wildman–Crippen MR) is 62.2 cm³/mol. The molecule has 1 amide bonds. The van der Waals surface area contributed by atoms with Gasteiger partial charge in [0, 0.05) is 0 Å². The van der Waals surface area contributed by atoms with Crippen LogP contribution in [0.4, 0.5) is 4.79 Å². The fourth-order valence-corrected chi connectivity index (χ4v) is 2.21. The topological polar surface area (TPSA) is 58.6 Å². The van der Waals surface area contributed by atoms with Crippen LogP contribution in [-0.4, -0.2) is 28.9 Å². The summed E-state index contributed by atoms with van der Waals surface area (Å²) in [5.74, 6) is 0.544. The summed E-state index contributed by atoms with van der Waals surface area (Å²) < 4.78 is 5.20. The van der Waals surface area contributed by atoms with Crippen LogP contribution >= 0.6 is 0 Å². The molecule has 0 heterocycles. The maximum Gasteiger partial charge on any atom is 0.408 e. The van der Waals surface area contributed by atoms with Crippen molar-refractivity contribution in [3.8, 4) is 0 Å². The smallest absolute Gasteiger partial charge is 0.408 e. The highest BCUT2D eigenvalue weighted by Crippen LogP contribution is 2.34. The van der Waals surface area contributed by atoms with Gasteiger partial charge >= 0.3 is 6.09 Å². The third-order valence-electron chi connectivity index (χ3n) is 2.92. The van der Waals surface area contributed by atoms with Crippen molar-refractivity contribution in [3.63, 3.8) is 0 Å². The van der Waals surface area contributed by atoms with Crippen molar-refractivity contribution in [2.75, 3.05) is 6.61 Å². The van der Waals surface area contributed by atoms with Gasteiger partial charge in [0.05, 0.1) is 12.1 Å². The van der Waals surface area contributed by atoms with Crippen molar-refractivity contribution in [3.05, 3.63) is 0 Å². The summed E-state index contributed by atoms with van der Waals surface area (Å²) in [6, 6.07) is 0. The van der Waals surface area contributed by atoms with E-state index in [1.165, 1.54) is 0 Å². The molecule has 0 radical (unpaired) electrons. The minimum atomic E-state index is -0.495. The first-order chi connectivity index (χ1) is 7.26. The lowest BCUT2D eigenvalue weighted by molar-refractivity contribution is 0.0400. The van der Waals surface area contributed by atoms with Crippen molar-refractivity contribution >= 4 is 6.09 Å². The number of aliphatic hydroxyl groups is 1. The molecule has 1 aliphatic rings. The summed E-state index contributed by atoms with van der Waals surface area (Å²) in [6.45, 7) is 7.60. The van der Waals surface area contributed by atoms with Gasteiger partial charge in [-0.25, -0.2) is 4.79 Å². The first-order valence-corrected chi connectivity index (χ1v) is 5.88. The lowest BCUT2D eigenvalue weighted by atomic mass is 9.98. The minimum absolute atomic E-state index is 0.0173. The number of rotatable bonds is 2. The standard InChI is InChI=1S/C12H23NO3/c1-9-5-6-12(7-9,8-14)13-10(15)16-11(2,3)4/h9,14H,5-8H2,1-4H3,(H,13,15). The van der Waals surface area contributed by atoms with Crippen molar-refractivity contribution in [2.24, 2.45) is 5.92 Å². The van der Waals surface area contributed by atoms with E-state index in [0.717, 1.165) is 19.3 Å². The average Bonchev–Trinajstić information content (AvgIpc) is 2.44. The zero-order valence-electron chi connectivity index (χ0n) is 10.7. The van der Waals surface area contributed by atoms with Crippen LogP contribution in [0.25, 0.3) is 0 Å². The molecule has 2 N–H and O–H groups in total. The molecule has 2 atom stereocenters. The normalized spacial score (nSPS) is 30.2. The summed E-state index contributed by atoms with van der Waals surface area (Å²) in [5, 5.41) is 12.2. The SMILES string of the molecule is CC1CCC(CO)(NC(=O)OC(C)(C)C)C1. The van der Waals surface area contributed by atoms with Crippen LogP contribution in [0.5, 0.6) is 0 Å². The molecule has 0 aromatic heterocycles. The number of carbonyl (C=O) groups excluding carboxylic acids is 1. The van der Waals surface area contributed by atoms with Gasteiger partial charge < -0.3 is 15.2 Å². The summed E-state index contributed by atoms with van der Waals surface area (Å²) in [7, 11) is 0. The Morgan fingerprint density at radius 1 is 1.56 bits per heavy atom. The maximum atomic E-state index is 11.6. The summed E-state index contributed by atoms with van der Waals surface area (Å²) >= 11 is 0. The summed E-state index contributed by atoms with van der Waals surface area (Å²) in [4.78, 5) is 11.6. The highest BCUT2D eigenvalue weighted by atomic mass is 16.6. The number of aliphatic hydroxyl groups excluding tert-OH is 1. The molecular formula is C12H23NO3. The molecule has 0 aromatic rings. The monoisotopic (exact) mass is 229 g/mol. The second-order valence-corrected chi connectivity index (χ2v) is 5.91. The molecule has 1 fully saturated rings. The van der Waals surface area contributed by atoms with E-state index in [1.54, 1.807) is 0 Å². The van der Waals surface area contributed by atoms with E-state index in [9.17, 15) is 9.90 Å². The summed E-state index contributed by atoms with van der Waals surface area (Å²) in [6.07, 6.45) is 2.25. The number of carbonyl (C=O) groups is 1. The zero-order valence-corrected chi connectivity index (χ0v) is 10.7. The largest absolute Gasteiger partial charge is 0.444 e. The van der Waals surface area contributed by atoms with E-state index in [4.69, 9.17) is 4.74 Å². The van der Waals surface area contributed by atoms with Crippen LogP contribution in [0.15, 0.2) is 0 Å². The Kier molecular flexibility index (Phi) is 3.84. The molecule has 16 heavy (non-hydrogen) atoms. The molecule has 1 saturated carbocycles. The molecule has 4 nitrogen and oxygen atoms in total. The molecule has 1 rings (SSSR count). The van der Waals surface area contributed by atoms with E-state index in [1.807, 2.05) is 20.8 Å².